The molecule has 0 amide bonds. The number of hydrogen-bond donors (Lipinski definition) is 1. The predicted octanol–water partition coefficient (Wildman–Crippen LogP) is 3.24. The molecule has 0 atom stereocenters. The number of aromatic amines is 1. The van der Waals surface area contributed by atoms with Gasteiger partial charge >= 0.3 is 0 Å². The first kappa shape index (κ1) is 11.4. The van der Waals surface area contributed by atoms with E-state index in [0.29, 0.717) is 0 Å². The Kier molecular flexibility index (Phi) is 2.91. The van der Waals surface area contributed by atoms with Gasteiger partial charge in [-0.3, -0.25) is 0 Å². The number of H-pyrrole nitrogens is 1. The summed E-state index contributed by atoms with van der Waals surface area (Å²) in [6.07, 6.45) is 5.15. The number of para-hydroxylation sites is 2. The molecule has 0 radical (unpaired) electrons. The topological polar surface area (TPSA) is 37.9 Å². The van der Waals surface area contributed by atoms with E-state index < -0.39 is 0 Å². The van der Waals surface area contributed by atoms with Crippen molar-refractivity contribution in [2.75, 3.05) is 6.61 Å². The Morgan fingerprint density at radius 1 is 1.11 bits per heavy atom. The lowest BCUT2D eigenvalue weighted by molar-refractivity contribution is 0.370. The lowest BCUT2D eigenvalue weighted by Crippen LogP contribution is -1.92. The molecule has 0 unspecified atom stereocenters. The van der Waals surface area contributed by atoms with Crippen molar-refractivity contribution >= 4 is 11.0 Å². The molecule has 92 valence electrons. The van der Waals surface area contributed by atoms with E-state index in [1.807, 2.05) is 48.5 Å². The lowest BCUT2D eigenvalue weighted by Gasteiger charge is -2.02. The van der Waals surface area contributed by atoms with Gasteiger partial charge in [0.15, 0.2) is 0 Å². The van der Waals surface area contributed by atoms with Gasteiger partial charge in [0.25, 0.3) is 0 Å². The highest BCUT2D eigenvalue weighted by atomic mass is 16.5. The van der Waals surface area contributed by atoms with Crippen molar-refractivity contribution in [1.82, 2.24) is 9.97 Å². The van der Waals surface area contributed by atoms with Crippen molar-refractivity contribution in [3.05, 3.63) is 48.5 Å². The van der Waals surface area contributed by atoms with Crippen LogP contribution in [0.25, 0.3) is 22.4 Å². The van der Waals surface area contributed by atoms with Gasteiger partial charge in [-0.15, -0.1) is 6.42 Å². The number of nitrogens with one attached hydrogen (secondary N) is 1. The number of aromatic nitrogens is 2. The molecule has 0 fully saturated rings. The summed E-state index contributed by atoms with van der Waals surface area (Å²) < 4.78 is 5.34. The predicted molar refractivity (Wildman–Crippen MR) is 75.9 cm³/mol. The van der Waals surface area contributed by atoms with E-state index in [9.17, 15) is 0 Å². The van der Waals surface area contributed by atoms with Gasteiger partial charge in [-0.05, 0) is 36.4 Å². The SMILES string of the molecule is C#CCOc1ccc(-c2nc3ccccc3[nH]2)cc1. The van der Waals surface area contributed by atoms with Crippen molar-refractivity contribution < 1.29 is 4.74 Å². The lowest BCUT2D eigenvalue weighted by atomic mass is 10.2. The number of benzene rings is 2. The van der Waals surface area contributed by atoms with Crippen LogP contribution in [0.2, 0.25) is 0 Å². The number of nitrogens with zero attached hydrogens (tertiary/aromatic N) is 1. The van der Waals surface area contributed by atoms with Crippen molar-refractivity contribution in [2.24, 2.45) is 0 Å². The Morgan fingerprint density at radius 3 is 2.63 bits per heavy atom. The summed E-state index contributed by atoms with van der Waals surface area (Å²) in [4.78, 5) is 7.84. The largest absolute Gasteiger partial charge is 0.481 e. The molecule has 1 heterocycles. The van der Waals surface area contributed by atoms with Crippen molar-refractivity contribution in [2.45, 2.75) is 0 Å². The Labute approximate surface area is 111 Å². The van der Waals surface area contributed by atoms with Gasteiger partial charge in [-0.25, -0.2) is 4.98 Å². The first-order chi connectivity index (χ1) is 9.36. The molecule has 0 saturated heterocycles. The highest BCUT2D eigenvalue weighted by Gasteiger charge is 2.04. The molecule has 0 aliphatic heterocycles. The first-order valence-corrected chi connectivity index (χ1v) is 5.98. The number of rotatable bonds is 3. The Balaban J connectivity index is 1.91. The molecule has 3 heteroatoms. The van der Waals surface area contributed by atoms with E-state index >= 15 is 0 Å². The third-order valence-corrected chi connectivity index (χ3v) is 2.84. The number of fused-ring (bicyclic) bond motifs is 1. The minimum atomic E-state index is 0.282. The van der Waals surface area contributed by atoms with E-state index in [2.05, 4.69) is 15.9 Å². The van der Waals surface area contributed by atoms with E-state index in [4.69, 9.17) is 11.2 Å². The molecule has 0 aliphatic carbocycles. The molecular weight excluding hydrogens is 236 g/mol. The van der Waals surface area contributed by atoms with Crippen LogP contribution in [-0.2, 0) is 0 Å². The smallest absolute Gasteiger partial charge is 0.148 e. The quantitative estimate of drug-likeness (QED) is 0.722. The van der Waals surface area contributed by atoms with Crippen molar-refractivity contribution in [3.63, 3.8) is 0 Å². The number of ether oxygens (including phenoxy) is 1. The van der Waals surface area contributed by atoms with Crippen LogP contribution >= 0.6 is 0 Å². The maximum Gasteiger partial charge on any atom is 0.148 e. The molecule has 1 aromatic heterocycles. The van der Waals surface area contributed by atoms with Gasteiger partial charge in [-0.2, -0.15) is 0 Å². The highest BCUT2D eigenvalue weighted by Crippen LogP contribution is 2.22. The molecule has 0 spiro atoms. The Hall–Kier alpha value is -2.73. The maximum atomic E-state index is 5.34. The van der Waals surface area contributed by atoms with Crippen LogP contribution in [0.3, 0.4) is 0 Å². The maximum absolute atomic E-state index is 5.34. The summed E-state index contributed by atoms with van der Waals surface area (Å²) in [6.45, 7) is 0.282. The van der Waals surface area contributed by atoms with Gasteiger partial charge < -0.3 is 9.72 Å². The third-order valence-electron chi connectivity index (χ3n) is 2.84. The van der Waals surface area contributed by atoms with Crippen LogP contribution in [0.15, 0.2) is 48.5 Å². The summed E-state index contributed by atoms with van der Waals surface area (Å²) in [7, 11) is 0. The molecule has 3 rings (SSSR count). The van der Waals surface area contributed by atoms with Gasteiger partial charge in [0, 0.05) is 5.56 Å². The van der Waals surface area contributed by atoms with Crippen LogP contribution < -0.4 is 4.74 Å². The van der Waals surface area contributed by atoms with Gasteiger partial charge in [0.2, 0.25) is 0 Å². The zero-order chi connectivity index (χ0) is 13.1. The van der Waals surface area contributed by atoms with Crippen LogP contribution in [0.5, 0.6) is 5.75 Å². The van der Waals surface area contributed by atoms with Crippen LogP contribution in [0, 0.1) is 12.3 Å². The van der Waals surface area contributed by atoms with E-state index in [1.165, 1.54) is 0 Å². The zero-order valence-corrected chi connectivity index (χ0v) is 10.3. The number of hydrogen-bond acceptors (Lipinski definition) is 2. The second kappa shape index (κ2) is 4.87. The van der Waals surface area contributed by atoms with Crippen LogP contribution in [0.1, 0.15) is 0 Å². The molecule has 1 N–H and O–H groups in total. The number of terminal acetylenes is 1. The minimum Gasteiger partial charge on any atom is -0.481 e. The molecule has 0 aliphatic rings. The Bertz CT molecular complexity index is 702. The summed E-state index contributed by atoms with van der Waals surface area (Å²) in [5, 5.41) is 0. The molecular formula is C16H12N2O. The fraction of sp³-hybridized carbons (Fsp3) is 0.0625. The van der Waals surface area contributed by atoms with Gasteiger partial charge in [-0.1, -0.05) is 18.1 Å². The molecule has 0 bridgehead atoms. The number of imidazole rings is 1. The molecule has 19 heavy (non-hydrogen) atoms. The third kappa shape index (κ3) is 2.29. The highest BCUT2D eigenvalue weighted by molar-refractivity contribution is 5.79. The zero-order valence-electron chi connectivity index (χ0n) is 10.3. The molecule has 0 saturated carbocycles. The van der Waals surface area contributed by atoms with Crippen LogP contribution in [0.4, 0.5) is 0 Å². The Morgan fingerprint density at radius 2 is 1.89 bits per heavy atom. The normalized spacial score (nSPS) is 10.3. The van der Waals surface area contributed by atoms with Gasteiger partial charge in [0.1, 0.15) is 18.2 Å². The van der Waals surface area contributed by atoms with E-state index in [-0.39, 0.29) is 6.61 Å². The summed E-state index contributed by atoms with van der Waals surface area (Å²) in [5.74, 6) is 4.05. The second-order valence-electron chi connectivity index (χ2n) is 4.12. The fourth-order valence-corrected chi connectivity index (χ4v) is 1.92. The first-order valence-electron chi connectivity index (χ1n) is 5.98. The molecule has 2 aromatic carbocycles. The summed E-state index contributed by atoms with van der Waals surface area (Å²) in [5.41, 5.74) is 3.01. The molecule has 3 nitrogen and oxygen atoms in total. The average Bonchev–Trinajstić information content (AvgIpc) is 2.89. The van der Waals surface area contributed by atoms with Crippen molar-refractivity contribution in [3.8, 4) is 29.5 Å². The second-order valence-corrected chi connectivity index (χ2v) is 4.12. The minimum absolute atomic E-state index is 0.282. The monoisotopic (exact) mass is 248 g/mol. The average molecular weight is 248 g/mol. The van der Waals surface area contributed by atoms with Crippen LogP contribution in [-0.4, -0.2) is 16.6 Å². The van der Waals surface area contributed by atoms with Gasteiger partial charge in [0.05, 0.1) is 11.0 Å². The standard InChI is InChI=1S/C16H12N2O/c1-2-11-19-13-9-7-12(8-10-13)16-17-14-5-3-4-6-15(14)18-16/h1,3-10H,11H2,(H,17,18). The van der Waals surface area contributed by atoms with E-state index in [1.54, 1.807) is 0 Å². The summed E-state index contributed by atoms with van der Waals surface area (Å²) >= 11 is 0. The van der Waals surface area contributed by atoms with E-state index in [0.717, 1.165) is 28.2 Å². The fourth-order valence-electron chi connectivity index (χ4n) is 1.92. The molecule has 3 aromatic rings. The van der Waals surface area contributed by atoms with Crippen molar-refractivity contribution in [1.29, 1.82) is 0 Å². The summed E-state index contributed by atoms with van der Waals surface area (Å²) in [6, 6.07) is 15.7.